The van der Waals surface area contributed by atoms with Gasteiger partial charge in [0.05, 0.1) is 18.2 Å². The van der Waals surface area contributed by atoms with Crippen LogP contribution in [-0.2, 0) is 16.2 Å². The molecule has 1 heterocycles. The van der Waals surface area contributed by atoms with Gasteiger partial charge in [0.15, 0.2) is 0 Å². The predicted molar refractivity (Wildman–Crippen MR) is 248 cm³/mol. The average Bonchev–Trinajstić information content (AvgIpc) is 3.30. The van der Waals surface area contributed by atoms with Crippen molar-refractivity contribution in [2.24, 2.45) is 22.9 Å². The highest BCUT2D eigenvalue weighted by Gasteiger charge is 2.65. The lowest BCUT2D eigenvalue weighted by Crippen LogP contribution is -2.69. The number of unbranched alkanes of at least 4 members (excludes halogenated alkanes) is 2. The smallest absolute Gasteiger partial charge is 0.254 e. The lowest BCUT2D eigenvalue weighted by Gasteiger charge is -2.59. The summed E-state index contributed by atoms with van der Waals surface area (Å²) in [6.45, 7) is 8.93. The molecule has 9 nitrogen and oxygen atoms in total. The number of carbonyl (C=O) groups excluding carboxylic acids is 1. The maximum absolute atomic E-state index is 14.9. The Morgan fingerprint density at radius 2 is 1.59 bits per heavy atom. The molecule has 0 aromatic heterocycles. The molecule has 5 aromatic rings. The number of aliphatic hydroxyl groups excluding tert-OH is 2. The van der Waals surface area contributed by atoms with Crippen molar-refractivity contribution in [1.29, 1.82) is 0 Å². The molecule has 6 atom stereocenters. The number of rotatable bonds is 18. The van der Waals surface area contributed by atoms with Gasteiger partial charge < -0.3 is 34.2 Å². The van der Waals surface area contributed by atoms with Crippen LogP contribution in [0.3, 0.4) is 0 Å². The maximum atomic E-state index is 14.9. The maximum Gasteiger partial charge on any atom is 0.254 e. The van der Waals surface area contributed by atoms with E-state index < -0.39 is 17.7 Å². The average molecular weight is 849 g/mol. The van der Waals surface area contributed by atoms with Gasteiger partial charge in [0.2, 0.25) is 5.79 Å². The van der Waals surface area contributed by atoms with Gasteiger partial charge in [-0.25, -0.2) is 0 Å². The first-order valence-electron chi connectivity index (χ1n) is 22.5. The van der Waals surface area contributed by atoms with Gasteiger partial charge in [-0.15, -0.1) is 6.58 Å². The van der Waals surface area contributed by atoms with Gasteiger partial charge in [0.25, 0.3) is 5.91 Å². The number of aliphatic hydroxyl groups is 2. The summed E-state index contributed by atoms with van der Waals surface area (Å²) in [5, 5.41) is 27.0. The molecule has 0 saturated heterocycles. The van der Waals surface area contributed by atoms with E-state index in [9.17, 15) is 15.0 Å². The molecule has 6 unspecified atom stereocenters. The van der Waals surface area contributed by atoms with Gasteiger partial charge in [0, 0.05) is 43.7 Å². The van der Waals surface area contributed by atoms with Crippen LogP contribution < -0.4 is 9.47 Å². The predicted octanol–water partition coefficient (Wildman–Crippen LogP) is 10.9. The normalized spacial score (nSPS) is 23.0. The number of oxime groups is 1. The Bertz CT molecular complexity index is 2460. The summed E-state index contributed by atoms with van der Waals surface area (Å²) in [7, 11) is 1.84. The molecule has 0 radical (unpaired) electrons. The van der Waals surface area contributed by atoms with Crippen molar-refractivity contribution in [1.82, 2.24) is 4.90 Å². The zero-order valence-electron chi connectivity index (χ0n) is 36.7. The molecule has 0 spiro atoms. The zero-order chi connectivity index (χ0) is 43.9. The number of fused-ring (bicyclic) bond motifs is 3. The molecule has 8 rings (SSSR count). The molecule has 2 aliphatic carbocycles. The molecule has 2 N–H and O–H groups in total. The molecule has 328 valence electrons. The van der Waals surface area contributed by atoms with Crippen LogP contribution in [0, 0.1) is 31.6 Å². The van der Waals surface area contributed by atoms with Crippen LogP contribution in [-0.4, -0.2) is 65.4 Å². The molecule has 5 aromatic carbocycles. The van der Waals surface area contributed by atoms with E-state index in [4.69, 9.17) is 24.2 Å². The first kappa shape index (κ1) is 43.9. The van der Waals surface area contributed by atoms with Crippen LogP contribution in [0.2, 0.25) is 0 Å². The Morgan fingerprint density at radius 3 is 2.35 bits per heavy atom. The van der Waals surface area contributed by atoms with Crippen LogP contribution >= 0.6 is 0 Å². The second-order valence-corrected chi connectivity index (χ2v) is 17.4. The Morgan fingerprint density at radius 1 is 0.857 bits per heavy atom. The number of ether oxygens (including phenoxy) is 3. The van der Waals surface area contributed by atoms with Gasteiger partial charge in [-0.3, -0.25) is 4.79 Å². The third kappa shape index (κ3) is 9.19. The van der Waals surface area contributed by atoms with Gasteiger partial charge in [-0.1, -0.05) is 96.9 Å². The van der Waals surface area contributed by atoms with E-state index in [1.807, 2.05) is 98.0 Å². The minimum Gasteiger partial charge on any atom is -0.459 e. The molecule has 1 saturated carbocycles. The molecule has 9 heteroatoms. The van der Waals surface area contributed by atoms with Crippen LogP contribution in [0.5, 0.6) is 17.2 Å². The molecule has 1 fully saturated rings. The highest BCUT2D eigenvalue weighted by atomic mass is 16.7. The van der Waals surface area contributed by atoms with Crippen molar-refractivity contribution in [2.75, 3.05) is 26.9 Å². The summed E-state index contributed by atoms with van der Waals surface area (Å²) in [5.74, 6) is 0.175. The van der Waals surface area contributed by atoms with Crippen molar-refractivity contribution in [2.45, 2.75) is 83.1 Å². The summed E-state index contributed by atoms with van der Waals surface area (Å²) < 4.78 is 21.1. The Labute approximate surface area is 371 Å². The first-order chi connectivity index (χ1) is 30.7. The number of hydrogen-bond donors (Lipinski definition) is 2. The minimum absolute atomic E-state index is 0.0851. The lowest BCUT2D eigenvalue weighted by atomic mass is 9.55. The fourth-order valence-corrected chi connectivity index (χ4v) is 10.1. The van der Waals surface area contributed by atoms with Crippen LogP contribution in [0.15, 0.2) is 139 Å². The number of benzene rings is 5. The molecule has 0 bridgehead atoms. The third-order valence-corrected chi connectivity index (χ3v) is 13.4. The fraction of sp³-hybridized carbons (Fsp3) is 0.370. The standard InChI is InChI=1S/C54H60N2O7/c1-5-29-60-54-50(56(4)53(59)42-23-22-39-17-9-10-18-40(39)31-42)34-48(55-61-35-38-15-7-6-8-16-38)46-32-41(19-11-13-27-57)45(20-12-14-28-58)51(52(46)54)47-33-44(25-26-49(47)63-54)62-43-24-21-36(2)37(3)30-43/h5-10,15-18,21-26,30-33,41,45,50-52,57-58H,1,11-14,19-20,27-29,34-35H2,2-4H3. The third-order valence-electron chi connectivity index (χ3n) is 13.4. The van der Waals surface area contributed by atoms with Crippen molar-refractivity contribution in [3.63, 3.8) is 0 Å². The van der Waals surface area contributed by atoms with E-state index in [0.717, 1.165) is 70.2 Å². The van der Waals surface area contributed by atoms with Crippen LogP contribution in [0.1, 0.15) is 83.5 Å². The second kappa shape index (κ2) is 19.8. The summed E-state index contributed by atoms with van der Waals surface area (Å²) in [5.41, 5.74) is 6.62. The van der Waals surface area contributed by atoms with Crippen LogP contribution in [0.4, 0.5) is 0 Å². The quantitative estimate of drug-likeness (QED) is 0.0513. The van der Waals surface area contributed by atoms with Crippen LogP contribution in [0.25, 0.3) is 10.8 Å². The van der Waals surface area contributed by atoms with E-state index in [0.29, 0.717) is 36.3 Å². The molecule has 63 heavy (non-hydrogen) atoms. The number of carbonyl (C=O) groups is 1. The van der Waals surface area contributed by atoms with E-state index >= 15 is 0 Å². The Kier molecular flexibility index (Phi) is 13.8. The molecule has 3 aliphatic rings. The van der Waals surface area contributed by atoms with E-state index in [-0.39, 0.29) is 50.1 Å². The number of amides is 1. The van der Waals surface area contributed by atoms with E-state index in [1.54, 1.807) is 11.0 Å². The SMILES string of the molecule is C=CCOC12Oc3ccc(Oc4ccc(C)c(C)c4)cc3C3C(CCCCO)C(CCCCO)C=C(C(=NOCc4ccccc4)CC1N(C)C(=O)c1ccc4ccccc4c1)C32. The second-order valence-electron chi connectivity index (χ2n) is 17.4. The summed E-state index contributed by atoms with van der Waals surface area (Å²) in [6.07, 6.45) is 9.14. The summed E-state index contributed by atoms with van der Waals surface area (Å²) in [4.78, 5) is 23.0. The van der Waals surface area contributed by atoms with Gasteiger partial charge in [-0.2, -0.15) is 0 Å². The number of aryl methyl sites for hydroxylation is 2. The van der Waals surface area contributed by atoms with Gasteiger partial charge in [-0.05, 0) is 127 Å². The number of allylic oxidation sites excluding steroid dienone is 1. The summed E-state index contributed by atoms with van der Waals surface area (Å²) >= 11 is 0. The molecule has 1 aliphatic heterocycles. The Balaban J connectivity index is 1.31. The Hall–Kier alpha value is -5.74. The van der Waals surface area contributed by atoms with E-state index in [2.05, 4.69) is 44.7 Å². The van der Waals surface area contributed by atoms with Crippen molar-refractivity contribution >= 4 is 22.4 Å². The molecular formula is C54H60N2O7. The number of nitrogens with zero attached hydrogens (tertiary/aromatic N) is 2. The fourth-order valence-electron chi connectivity index (χ4n) is 10.1. The monoisotopic (exact) mass is 848 g/mol. The van der Waals surface area contributed by atoms with Gasteiger partial charge in [0.1, 0.15) is 29.9 Å². The number of likely N-dealkylation sites (N-methyl/N-ethyl adjacent to an activating group) is 1. The number of hydrogen-bond acceptors (Lipinski definition) is 8. The van der Waals surface area contributed by atoms with E-state index in [1.165, 1.54) is 5.56 Å². The lowest BCUT2D eigenvalue weighted by molar-refractivity contribution is -0.252. The van der Waals surface area contributed by atoms with Crippen molar-refractivity contribution in [3.8, 4) is 17.2 Å². The van der Waals surface area contributed by atoms with Gasteiger partial charge >= 0.3 is 0 Å². The highest BCUT2D eigenvalue weighted by molar-refractivity contribution is 6.04. The zero-order valence-corrected chi connectivity index (χ0v) is 36.7. The molecular weight excluding hydrogens is 789 g/mol. The minimum atomic E-state index is -1.36. The van der Waals surface area contributed by atoms with Crippen molar-refractivity contribution < 1.29 is 34.1 Å². The first-order valence-corrected chi connectivity index (χ1v) is 22.5. The topological polar surface area (TPSA) is 110 Å². The highest BCUT2D eigenvalue weighted by Crippen LogP contribution is 2.62. The molecule has 1 amide bonds. The largest absolute Gasteiger partial charge is 0.459 e. The van der Waals surface area contributed by atoms with Crippen molar-refractivity contribution in [3.05, 3.63) is 161 Å². The summed E-state index contributed by atoms with van der Waals surface area (Å²) in [6, 6.07) is 35.4.